The zero-order valence-electron chi connectivity index (χ0n) is 15.9. The number of hydrogen-bond donors (Lipinski definition) is 2. The predicted octanol–water partition coefficient (Wildman–Crippen LogP) is 1.41. The molecule has 1 atom stereocenters. The van der Waals surface area contributed by atoms with Crippen LogP contribution in [-0.4, -0.2) is 39.3 Å². The van der Waals surface area contributed by atoms with E-state index in [2.05, 4.69) is 20.9 Å². The van der Waals surface area contributed by atoms with Gasteiger partial charge in [0.25, 0.3) is 5.91 Å². The van der Waals surface area contributed by atoms with E-state index in [9.17, 15) is 14.4 Å². The number of amides is 3. The summed E-state index contributed by atoms with van der Waals surface area (Å²) in [4.78, 5) is 35.8. The van der Waals surface area contributed by atoms with Crippen LogP contribution in [0.4, 0.5) is 5.88 Å². The fourth-order valence-corrected chi connectivity index (χ4v) is 3.40. The van der Waals surface area contributed by atoms with Gasteiger partial charge in [0.1, 0.15) is 11.3 Å². The predicted molar refractivity (Wildman–Crippen MR) is 101 cm³/mol. The molecule has 0 spiro atoms. The van der Waals surface area contributed by atoms with E-state index in [4.69, 9.17) is 9.26 Å². The van der Waals surface area contributed by atoms with Gasteiger partial charge in [-0.05, 0) is 19.4 Å². The van der Waals surface area contributed by atoms with Crippen LogP contribution >= 0.6 is 0 Å². The number of aromatic nitrogens is 3. The van der Waals surface area contributed by atoms with Gasteiger partial charge in [-0.25, -0.2) is 0 Å². The Morgan fingerprint density at radius 2 is 2.24 bits per heavy atom. The monoisotopic (exact) mass is 397 g/mol. The molecule has 0 aliphatic carbocycles. The lowest BCUT2D eigenvalue weighted by Crippen LogP contribution is -2.39. The summed E-state index contributed by atoms with van der Waals surface area (Å²) in [6, 6.07) is 6.94. The molecule has 1 aliphatic heterocycles. The van der Waals surface area contributed by atoms with Crippen molar-refractivity contribution in [1.29, 1.82) is 0 Å². The third-order valence-electron chi connectivity index (χ3n) is 4.67. The standard InChI is InChI=1S/C19H19N5O5/c1-10-8-16(29-23-10)20-15(26)9-28-13-5-3-4-11-17(22-24(2)18(11)13)12-6-7-14(25)21-19(12)27/h3-5,8,12H,6-7,9H2,1-2H3,(H,20,26)(H,21,25,27). The molecule has 29 heavy (non-hydrogen) atoms. The highest BCUT2D eigenvalue weighted by atomic mass is 16.5. The van der Waals surface area contributed by atoms with E-state index in [1.807, 2.05) is 6.07 Å². The van der Waals surface area contributed by atoms with Crippen LogP contribution in [0.25, 0.3) is 10.9 Å². The lowest BCUT2D eigenvalue weighted by atomic mass is 9.93. The third-order valence-corrected chi connectivity index (χ3v) is 4.67. The molecule has 3 heterocycles. The Kier molecular flexibility index (Phi) is 4.75. The number of carbonyl (C=O) groups excluding carboxylic acids is 3. The Bertz CT molecular complexity index is 1120. The second kappa shape index (κ2) is 7.38. The zero-order chi connectivity index (χ0) is 20.5. The molecule has 0 bridgehead atoms. The topological polar surface area (TPSA) is 128 Å². The number of anilines is 1. The highest BCUT2D eigenvalue weighted by Gasteiger charge is 2.32. The molecule has 2 aromatic heterocycles. The highest BCUT2D eigenvalue weighted by molar-refractivity contribution is 6.03. The Morgan fingerprint density at radius 3 is 2.97 bits per heavy atom. The fourth-order valence-electron chi connectivity index (χ4n) is 3.40. The molecular formula is C19H19N5O5. The van der Waals surface area contributed by atoms with Crippen LogP contribution in [0.15, 0.2) is 28.8 Å². The van der Waals surface area contributed by atoms with Crippen molar-refractivity contribution in [2.24, 2.45) is 7.05 Å². The van der Waals surface area contributed by atoms with Gasteiger partial charge in [-0.1, -0.05) is 17.3 Å². The minimum absolute atomic E-state index is 0.238. The van der Waals surface area contributed by atoms with Gasteiger partial charge in [-0.2, -0.15) is 5.10 Å². The molecule has 10 nitrogen and oxygen atoms in total. The van der Waals surface area contributed by atoms with Crippen LogP contribution in [0.2, 0.25) is 0 Å². The summed E-state index contributed by atoms with van der Waals surface area (Å²) in [6.45, 7) is 1.51. The second-order valence-corrected chi connectivity index (χ2v) is 6.83. The lowest BCUT2D eigenvalue weighted by molar-refractivity contribution is -0.134. The number of fused-ring (bicyclic) bond motifs is 1. The van der Waals surface area contributed by atoms with Gasteiger partial charge in [0.15, 0.2) is 6.61 Å². The molecule has 1 fully saturated rings. The maximum atomic E-state index is 12.3. The van der Waals surface area contributed by atoms with Gasteiger partial charge in [0.05, 0.1) is 17.3 Å². The minimum Gasteiger partial charge on any atom is -0.481 e. The van der Waals surface area contributed by atoms with E-state index >= 15 is 0 Å². The van der Waals surface area contributed by atoms with E-state index in [1.165, 1.54) is 0 Å². The van der Waals surface area contributed by atoms with Crippen LogP contribution in [0.1, 0.15) is 30.1 Å². The minimum atomic E-state index is -0.510. The first-order valence-corrected chi connectivity index (χ1v) is 9.07. The largest absolute Gasteiger partial charge is 0.481 e. The van der Waals surface area contributed by atoms with E-state index in [-0.39, 0.29) is 30.7 Å². The Balaban J connectivity index is 1.55. The summed E-state index contributed by atoms with van der Waals surface area (Å²) in [7, 11) is 1.74. The van der Waals surface area contributed by atoms with E-state index < -0.39 is 11.8 Å². The average Bonchev–Trinajstić information content (AvgIpc) is 3.23. The van der Waals surface area contributed by atoms with Crippen LogP contribution in [0, 0.1) is 6.92 Å². The van der Waals surface area contributed by atoms with Gasteiger partial charge in [-0.3, -0.25) is 29.7 Å². The van der Waals surface area contributed by atoms with Gasteiger partial charge in [0, 0.05) is 24.9 Å². The number of hydrogen-bond acceptors (Lipinski definition) is 7. The Morgan fingerprint density at radius 1 is 1.41 bits per heavy atom. The maximum absolute atomic E-state index is 12.3. The number of imide groups is 1. The number of nitrogens with one attached hydrogen (secondary N) is 2. The Labute approximate surface area is 165 Å². The smallest absolute Gasteiger partial charge is 0.264 e. The normalized spacial score (nSPS) is 16.7. The van der Waals surface area contributed by atoms with Gasteiger partial charge < -0.3 is 9.26 Å². The number of ether oxygens (including phenoxy) is 1. The number of nitrogens with zero attached hydrogens (tertiary/aromatic N) is 3. The van der Waals surface area contributed by atoms with Gasteiger partial charge in [0.2, 0.25) is 17.7 Å². The van der Waals surface area contributed by atoms with Crippen LogP contribution < -0.4 is 15.4 Å². The van der Waals surface area contributed by atoms with Crippen molar-refractivity contribution in [2.45, 2.75) is 25.7 Å². The van der Waals surface area contributed by atoms with Gasteiger partial charge >= 0.3 is 0 Å². The summed E-state index contributed by atoms with van der Waals surface area (Å²) in [6.07, 6.45) is 0.673. The van der Waals surface area contributed by atoms with Crippen LogP contribution in [0.3, 0.4) is 0 Å². The van der Waals surface area contributed by atoms with E-state index in [0.29, 0.717) is 29.1 Å². The van der Waals surface area contributed by atoms with Gasteiger partial charge in [-0.15, -0.1) is 0 Å². The average molecular weight is 397 g/mol. The summed E-state index contributed by atoms with van der Waals surface area (Å²) in [5.41, 5.74) is 1.90. The molecule has 1 aromatic carbocycles. The SMILES string of the molecule is Cc1cc(NC(=O)COc2cccc3c(C4CCC(=O)NC4=O)nn(C)c23)on1. The molecule has 150 valence electrons. The fraction of sp³-hybridized carbons (Fsp3) is 0.316. The van der Waals surface area contributed by atoms with Crippen molar-refractivity contribution in [3.8, 4) is 5.75 Å². The molecule has 3 amide bonds. The molecular weight excluding hydrogens is 378 g/mol. The first-order chi connectivity index (χ1) is 13.9. The number of para-hydroxylation sites is 1. The molecule has 0 radical (unpaired) electrons. The molecule has 3 aromatic rings. The van der Waals surface area contributed by atoms with Crippen molar-refractivity contribution in [3.05, 3.63) is 35.7 Å². The molecule has 1 aliphatic rings. The summed E-state index contributed by atoms with van der Waals surface area (Å²) < 4.78 is 12.3. The molecule has 10 heteroatoms. The highest BCUT2D eigenvalue weighted by Crippen LogP contribution is 2.34. The van der Waals surface area contributed by atoms with Crippen LogP contribution in [-0.2, 0) is 21.4 Å². The van der Waals surface area contributed by atoms with Crippen molar-refractivity contribution in [3.63, 3.8) is 0 Å². The number of rotatable bonds is 5. The molecule has 2 N–H and O–H groups in total. The Hall–Kier alpha value is -3.69. The molecule has 0 saturated carbocycles. The van der Waals surface area contributed by atoms with Crippen molar-refractivity contribution < 1.29 is 23.6 Å². The van der Waals surface area contributed by atoms with E-state index in [1.54, 1.807) is 36.9 Å². The summed E-state index contributed by atoms with van der Waals surface area (Å²) >= 11 is 0. The molecule has 1 saturated heterocycles. The van der Waals surface area contributed by atoms with E-state index in [0.717, 1.165) is 5.39 Å². The third kappa shape index (κ3) is 3.68. The summed E-state index contributed by atoms with van der Waals surface area (Å²) in [5, 5.41) is 13.9. The quantitative estimate of drug-likeness (QED) is 0.623. The van der Waals surface area contributed by atoms with Crippen molar-refractivity contribution in [1.82, 2.24) is 20.3 Å². The summed E-state index contributed by atoms with van der Waals surface area (Å²) in [5.74, 6) is -0.831. The zero-order valence-corrected chi connectivity index (χ0v) is 15.9. The first-order valence-electron chi connectivity index (χ1n) is 9.07. The lowest BCUT2D eigenvalue weighted by Gasteiger charge is -2.19. The number of carbonyl (C=O) groups is 3. The molecule has 1 unspecified atom stereocenters. The maximum Gasteiger partial charge on any atom is 0.264 e. The molecule has 4 rings (SSSR count). The van der Waals surface area contributed by atoms with Crippen molar-refractivity contribution >= 4 is 34.5 Å². The van der Waals surface area contributed by atoms with Crippen molar-refractivity contribution in [2.75, 3.05) is 11.9 Å². The second-order valence-electron chi connectivity index (χ2n) is 6.83. The number of benzene rings is 1. The number of aryl methyl sites for hydroxylation is 2. The first kappa shape index (κ1) is 18.7. The van der Waals surface area contributed by atoms with Crippen LogP contribution in [0.5, 0.6) is 5.75 Å². The number of piperidine rings is 1.